The van der Waals surface area contributed by atoms with Gasteiger partial charge in [0.15, 0.2) is 0 Å². The van der Waals surface area contributed by atoms with Crippen molar-refractivity contribution in [1.29, 1.82) is 0 Å². The summed E-state index contributed by atoms with van der Waals surface area (Å²) in [6.07, 6.45) is -5.12. The van der Waals surface area contributed by atoms with Crippen LogP contribution < -0.4 is 5.73 Å². The fourth-order valence-electron chi connectivity index (χ4n) is 4.39. The Morgan fingerprint density at radius 1 is 0.615 bits per heavy atom. The molecule has 0 saturated heterocycles. The zero-order chi connectivity index (χ0) is 27.4. The van der Waals surface area contributed by atoms with Crippen LogP contribution in [0, 0.1) is 0 Å². The summed E-state index contributed by atoms with van der Waals surface area (Å²) in [6, 6.07) is 39.1. The smallest absolute Gasteiger partial charge is 0.393 e. The number of nitrogens with two attached hydrogens (primary N) is 1. The highest BCUT2D eigenvalue weighted by Crippen LogP contribution is 2.37. The minimum Gasteiger partial charge on any atom is -0.398 e. The van der Waals surface area contributed by atoms with Crippen molar-refractivity contribution < 1.29 is 13.2 Å². The van der Waals surface area contributed by atoms with Crippen LogP contribution in [0.15, 0.2) is 133 Å². The number of benzene rings is 5. The lowest BCUT2D eigenvalue weighted by Gasteiger charge is -2.10. The molecule has 0 aromatic heterocycles. The number of thioether (sulfide) groups is 1. The fourth-order valence-corrected chi connectivity index (χ4v) is 5.25. The van der Waals surface area contributed by atoms with Crippen LogP contribution in [0.1, 0.15) is 11.1 Å². The van der Waals surface area contributed by atoms with Crippen molar-refractivity contribution in [2.45, 2.75) is 17.5 Å². The maximum Gasteiger partial charge on any atom is 0.393 e. The lowest BCUT2D eigenvalue weighted by molar-refractivity contribution is -0.127. The second-order valence-corrected chi connectivity index (χ2v) is 10.4. The van der Waals surface area contributed by atoms with Crippen LogP contribution in [0.25, 0.3) is 38.3 Å². The third-order valence-corrected chi connectivity index (χ3v) is 7.54. The molecule has 5 aromatic carbocycles. The van der Waals surface area contributed by atoms with E-state index in [1.165, 1.54) is 12.1 Å². The highest BCUT2D eigenvalue weighted by molar-refractivity contribution is 8.08. The Hall–Kier alpha value is -4.22. The van der Waals surface area contributed by atoms with Gasteiger partial charge in [0.1, 0.15) is 0 Å². The standard InChI is InChI=1S/C34H26F3NS/c1-23(39-33-8-3-2-7-32(33)38)25-13-15-28(16-14-25)30-5-4-6-31(21-30)29-19-17-27(18-20-29)26-11-9-24(10-12-26)22-34(35,36)37/h2-21H,1,22,38H2. The van der Waals surface area contributed by atoms with Crippen LogP contribution in [-0.2, 0) is 6.42 Å². The van der Waals surface area contributed by atoms with Crippen LogP contribution in [-0.4, -0.2) is 6.18 Å². The number of nitrogen functional groups attached to an aromatic ring is 1. The van der Waals surface area contributed by atoms with Gasteiger partial charge in [-0.25, -0.2) is 0 Å². The molecule has 0 bridgehead atoms. The van der Waals surface area contributed by atoms with Gasteiger partial charge in [0.25, 0.3) is 0 Å². The maximum atomic E-state index is 12.6. The van der Waals surface area contributed by atoms with E-state index in [-0.39, 0.29) is 5.56 Å². The number of rotatable bonds is 7. The summed E-state index contributed by atoms with van der Waals surface area (Å²) >= 11 is 1.56. The van der Waals surface area contributed by atoms with Crippen molar-refractivity contribution in [2.75, 3.05) is 5.73 Å². The first-order chi connectivity index (χ1) is 18.7. The summed E-state index contributed by atoms with van der Waals surface area (Å²) in [4.78, 5) is 1.92. The maximum absolute atomic E-state index is 12.6. The Morgan fingerprint density at radius 3 is 1.64 bits per heavy atom. The molecule has 5 heteroatoms. The molecule has 0 spiro atoms. The lowest BCUT2D eigenvalue weighted by atomic mass is 9.96. The normalized spacial score (nSPS) is 11.4. The zero-order valence-corrected chi connectivity index (χ0v) is 21.9. The molecular weight excluding hydrogens is 511 g/mol. The molecule has 1 nitrogen and oxygen atoms in total. The van der Waals surface area contributed by atoms with E-state index in [2.05, 4.69) is 49.0 Å². The number of halogens is 3. The van der Waals surface area contributed by atoms with Crippen LogP contribution in [0.3, 0.4) is 0 Å². The van der Waals surface area contributed by atoms with E-state index < -0.39 is 12.6 Å². The van der Waals surface area contributed by atoms with Gasteiger partial charge < -0.3 is 5.73 Å². The monoisotopic (exact) mass is 537 g/mol. The second-order valence-electron chi connectivity index (χ2n) is 9.29. The van der Waals surface area contributed by atoms with Crippen molar-refractivity contribution in [3.8, 4) is 33.4 Å². The minimum absolute atomic E-state index is 0.261. The highest BCUT2D eigenvalue weighted by atomic mass is 32.2. The Kier molecular flexibility index (Phi) is 7.62. The molecule has 5 rings (SSSR count). The number of para-hydroxylation sites is 1. The van der Waals surface area contributed by atoms with Crippen LogP contribution >= 0.6 is 11.8 Å². The Balaban J connectivity index is 1.29. The molecule has 0 atom stereocenters. The largest absolute Gasteiger partial charge is 0.398 e. The molecule has 0 fully saturated rings. The van der Waals surface area contributed by atoms with Gasteiger partial charge in [0, 0.05) is 15.5 Å². The number of anilines is 1. The zero-order valence-electron chi connectivity index (χ0n) is 21.1. The topological polar surface area (TPSA) is 26.0 Å². The molecule has 0 unspecified atom stereocenters. The Labute approximate surface area is 230 Å². The second kappa shape index (κ2) is 11.3. The van der Waals surface area contributed by atoms with E-state index in [1.807, 2.05) is 54.6 Å². The summed E-state index contributed by atoms with van der Waals surface area (Å²) in [5.41, 5.74) is 14.3. The molecule has 0 amide bonds. The molecule has 0 heterocycles. The SMILES string of the molecule is C=C(Sc1ccccc1N)c1ccc(-c2cccc(-c3ccc(-c4ccc(CC(F)(F)F)cc4)cc3)c2)cc1. The van der Waals surface area contributed by atoms with E-state index in [4.69, 9.17) is 5.73 Å². The van der Waals surface area contributed by atoms with Gasteiger partial charge in [0.05, 0.1) is 6.42 Å². The summed E-state index contributed by atoms with van der Waals surface area (Å²) < 4.78 is 37.9. The number of hydrogen-bond donors (Lipinski definition) is 1. The van der Waals surface area contributed by atoms with Crippen LogP contribution in [0.2, 0.25) is 0 Å². The first-order valence-electron chi connectivity index (χ1n) is 12.4. The minimum atomic E-state index is -4.20. The van der Waals surface area contributed by atoms with Gasteiger partial charge in [-0.15, -0.1) is 0 Å². The van der Waals surface area contributed by atoms with Gasteiger partial charge in [0.2, 0.25) is 0 Å². The molecule has 0 saturated carbocycles. The fraction of sp³-hybridized carbons (Fsp3) is 0.0588. The van der Waals surface area contributed by atoms with Gasteiger partial charge >= 0.3 is 6.18 Å². The van der Waals surface area contributed by atoms with Crippen molar-refractivity contribution in [3.63, 3.8) is 0 Å². The molecule has 0 radical (unpaired) electrons. The average molecular weight is 538 g/mol. The third-order valence-electron chi connectivity index (χ3n) is 6.47. The predicted molar refractivity (Wildman–Crippen MR) is 158 cm³/mol. The van der Waals surface area contributed by atoms with Gasteiger partial charge in [-0.05, 0) is 62.7 Å². The van der Waals surface area contributed by atoms with Gasteiger partial charge in [-0.1, -0.05) is 121 Å². The summed E-state index contributed by atoms with van der Waals surface area (Å²) in [6.45, 7) is 4.23. The molecule has 5 aromatic rings. The van der Waals surface area contributed by atoms with Crippen molar-refractivity contribution in [2.24, 2.45) is 0 Å². The molecule has 0 aliphatic rings. The predicted octanol–water partition coefficient (Wildman–Crippen LogP) is 10.1. The molecule has 0 aliphatic heterocycles. The first kappa shape index (κ1) is 26.4. The number of hydrogen-bond acceptors (Lipinski definition) is 2. The lowest BCUT2D eigenvalue weighted by Crippen LogP contribution is -2.11. The molecule has 2 N–H and O–H groups in total. The molecule has 39 heavy (non-hydrogen) atoms. The Bertz CT molecular complexity index is 1590. The highest BCUT2D eigenvalue weighted by Gasteiger charge is 2.27. The summed E-state index contributed by atoms with van der Waals surface area (Å²) in [7, 11) is 0. The van der Waals surface area contributed by atoms with E-state index in [0.29, 0.717) is 0 Å². The van der Waals surface area contributed by atoms with Crippen LogP contribution in [0.5, 0.6) is 0 Å². The van der Waals surface area contributed by atoms with Gasteiger partial charge in [-0.3, -0.25) is 0 Å². The number of alkyl halides is 3. The average Bonchev–Trinajstić information content (AvgIpc) is 2.94. The quantitative estimate of drug-likeness (QED) is 0.165. The summed E-state index contributed by atoms with van der Waals surface area (Å²) in [5.74, 6) is 0. The van der Waals surface area contributed by atoms with E-state index in [1.54, 1.807) is 23.9 Å². The van der Waals surface area contributed by atoms with Crippen molar-refractivity contribution >= 4 is 22.4 Å². The van der Waals surface area contributed by atoms with Crippen LogP contribution in [0.4, 0.5) is 18.9 Å². The van der Waals surface area contributed by atoms with E-state index in [0.717, 1.165) is 54.4 Å². The van der Waals surface area contributed by atoms with Crippen molar-refractivity contribution in [1.82, 2.24) is 0 Å². The first-order valence-corrected chi connectivity index (χ1v) is 13.3. The van der Waals surface area contributed by atoms with E-state index >= 15 is 0 Å². The molecule has 0 aliphatic carbocycles. The van der Waals surface area contributed by atoms with Crippen molar-refractivity contribution in [3.05, 3.63) is 139 Å². The third kappa shape index (κ3) is 6.62. The Morgan fingerprint density at radius 2 is 1.10 bits per heavy atom. The molecular formula is C34H26F3NS. The van der Waals surface area contributed by atoms with E-state index in [9.17, 15) is 13.2 Å². The molecule has 194 valence electrons. The summed E-state index contributed by atoms with van der Waals surface area (Å²) in [5, 5.41) is 0. The van der Waals surface area contributed by atoms with Gasteiger partial charge in [-0.2, -0.15) is 13.2 Å².